The van der Waals surface area contributed by atoms with Crippen molar-refractivity contribution in [3.05, 3.63) is 23.0 Å². The van der Waals surface area contributed by atoms with E-state index in [1.807, 2.05) is 17.7 Å². The predicted octanol–water partition coefficient (Wildman–Crippen LogP) is 1.25. The molecular weight excluding hydrogens is 204 g/mol. The normalized spacial score (nSPS) is 21.6. The highest BCUT2D eigenvalue weighted by Gasteiger charge is 2.44. The van der Waals surface area contributed by atoms with Crippen LogP contribution in [-0.2, 0) is 19.0 Å². The molecule has 0 unspecified atom stereocenters. The van der Waals surface area contributed by atoms with Crippen LogP contribution in [-0.4, -0.2) is 22.2 Å². The molecule has 1 aromatic heterocycles. The number of fused-ring (bicyclic) bond motifs is 2. The number of nitrogens with one attached hydrogen (secondary N) is 1. The molecule has 1 aromatic rings. The lowest BCUT2D eigenvalue weighted by atomic mass is 9.64. The van der Waals surface area contributed by atoms with Crippen molar-refractivity contribution in [3.63, 3.8) is 0 Å². The Morgan fingerprint density at radius 1 is 1.56 bits per heavy atom. The van der Waals surface area contributed by atoms with Crippen molar-refractivity contribution in [2.75, 3.05) is 6.54 Å². The van der Waals surface area contributed by atoms with E-state index >= 15 is 0 Å². The van der Waals surface area contributed by atoms with Crippen LogP contribution in [0.1, 0.15) is 41.0 Å². The zero-order chi connectivity index (χ0) is 11.3. The van der Waals surface area contributed by atoms with Crippen LogP contribution >= 0.6 is 0 Å². The lowest BCUT2D eigenvalue weighted by Crippen LogP contribution is -2.48. The van der Waals surface area contributed by atoms with Crippen molar-refractivity contribution in [1.82, 2.24) is 9.88 Å². The van der Waals surface area contributed by atoms with Gasteiger partial charge in [0.25, 0.3) is 0 Å². The van der Waals surface area contributed by atoms with Gasteiger partial charge in [0.1, 0.15) is 5.69 Å². The zero-order valence-electron chi connectivity index (χ0n) is 9.42. The van der Waals surface area contributed by atoms with Crippen LogP contribution in [0.5, 0.6) is 0 Å². The topological polar surface area (TPSA) is 54.3 Å². The van der Waals surface area contributed by atoms with Gasteiger partial charge < -0.3 is 15.0 Å². The first kappa shape index (κ1) is 9.90. The van der Waals surface area contributed by atoms with Gasteiger partial charge in [0, 0.05) is 31.2 Å². The molecule has 1 saturated carbocycles. The fraction of sp³-hybridized carbons (Fsp3) is 0.583. The maximum absolute atomic E-state index is 11.1. The monoisotopic (exact) mass is 220 g/mol. The van der Waals surface area contributed by atoms with Gasteiger partial charge in [-0.1, -0.05) is 6.42 Å². The third-order valence-corrected chi connectivity index (χ3v) is 4.12. The first-order valence-corrected chi connectivity index (χ1v) is 5.77. The molecule has 0 aromatic carbocycles. The highest BCUT2D eigenvalue weighted by Crippen LogP contribution is 2.46. The number of nitrogens with zero attached hydrogens (tertiary/aromatic N) is 1. The molecule has 0 atom stereocenters. The average Bonchev–Trinajstić information content (AvgIpc) is 2.54. The summed E-state index contributed by atoms with van der Waals surface area (Å²) < 4.78 is 1.89. The van der Waals surface area contributed by atoms with Gasteiger partial charge in [-0.25, -0.2) is 4.79 Å². The van der Waals surface area contributed by atoms with E-state index in [1.165, 1.54) is 30.5 Å². The fourth-order valence-corrected chi connectivity index (χ4v) is 3.24. The summed E-state index contributed by atoms with van der Waals surface area (Å²) >= 11 is 0. The van der Waals surface area contributed by atoms with Gasteiger partial charge in [-0.3, -0.25) is 0 Å². The van der Waals surface area contributed by atoms with Crippen molar-refractivity contribution in [3.8, 4) is 0 Å². The molecule has 2 heterocycles. The molecule has 0 radical (unpaired) electrons. The van der Waals surface area contributed by atoms with E-state index in [-0.39, 0.29) is 5.41 Å². The third-order valence-electron chi connectivity index (χ3n) is 4.12. The number of hydrogen-bond donors (Lipinski definition) is 2. The smallest absolute Gasteiger partial charge is 0.352 e. The average molecular weight is 220 g/mol. The molecule has 0 bridgehead atoms. The largest absolute Gasteiger partial charge is 0.477 e. The number of aromatic carboxylic acids is 1. The molecule has 2 N–H and O–H groups in total. The van der Waals surface area contributed by atoms with E-state index in [4.69, 9.17) is 5.11 Å². The minimum atomic E-state index is -0.827. The lowest BCUT2D eigenvalue weighted by Gasteiger charge is -2.46. The SMILES string of the molecule is Cn1c(C(=O)O)cc2c1C1(CCC1)CNC2. The maximum Gasteiger partial charge on any atom is 0.352 e. The Kier molecular flexibility index (Phi) is 1.92. The number of rotatable bonds is 1. The van der Waals surface area contributed by atoms with Crippen molar-refractivity contribution in [2.24, 2.45) is 7.05 Å². The zero-order valence-corrected chi connectivity index (χ0v) is 9.42. The number of carboxylic acid groups (broad SMARTS) is 1. The molecule has 2 aliphatic rings. The molecular formula is C12H16N2O2. The summed E-state index contributed by atoms with van der Waals surface area (Å²) in [5, 5.41) is 12.5. The van der Waals surface area contributed by atoms with Crippen LogP contribution in [0.2, 0.25) is 0 Å². The van der Waals surface area contributed by atoms with E-state index in [2.05, 4.69) is 5.32 Å². The molecule has 3 rings (SSSR count). The summed E-state index contributed by atoms with van der Waals surface area (Å²) in [6.45, 7) is 1.80. The molecule has 1 aliphatic carbocycles. The first-order chi connectivity index (χ1) is 7.64. The van der Waals surface area contributed by atoms with Crippen LogP contribution in [0.4, 0.5) is 0 Å². The Balaban J connectivity index is 2.16. The number of carboxylic acids is 1. The minimum Gasteiger partial charge on any atom is -0.477 e. The molecule has 0 saturated heterocycles. The highest BCUT2D eigenvalue weighted by molar-refractivity contribution is 5.86. The summed E-state index contributed by atoms with van der Waals surface area (Å²) in [6, 6.07) is 1.82. The van der Waals surface area contributed by atoms with Gasteiger partial charge in [0.15, 0.2) is 0 Å². The van der Waals surface area contributed by atoms with Gasteiger partial charge in [-0.15, -0.1) is 0 Å². The van der Waals surface area contributed by atoms with Gasteiger partial charge in [0.2, 0.25) is 0 Å². The van der Waals surface area contributed by atoms with Crippen molar-refractivity contribution in [1.29, 1.82) is 0 Å². The summed E-state index contributed by atoms with van der Waals surface area (Å²) in [4.78, 5) is 11.1. The van der Waals surface area contributed by atoms with E-state index < -0.39 is 5.97 Å². The van der Waals surface area contributed by atoms with Crippen molar-refractivity contribution >= 4 is 5.97 Å². The van der Waals surface area contributed by atoms with Crippen LogP contribution in [0.25, 0.3) is 0 Å². The van der Waals surface area contributed by atoms with Gasteiger partial charge in [-0.2, -0.15) is 0 Å². The van der Waals surface area contributed by atoms with E-state index in [0.29, 0.717) is 5.69 Å². The summed E-state index contributed by atoms with van der Waals surface area (Å²) in [5.41, 5.74) is 3.07. The van der Waals surface area contributed by atoms with Crippen LogP contribution in [0, 0.1) is 0 Å². The second-order valence-corrected chi connectivity index (χ2v) is 5.01. The summed E-state index contributed by atoms with van der Waals surface area (Å²) in [5.74, 6) is -0.827. The lowest BCUT2D eigenvalue weighted by molar-refractivity contribution is 0.0685. The first-order valence-electron chi connectivity index (χ1n) is 5.77. The van der Waals surface area contributed by atoms with Crippen LogP contribution < -0.4 is 5.32 Å². The Morgan fingerprint density at radius 3 is 2.88 bits per heavy atom. The van der Waals surface area contributed by atoms with Gasteiger partial charge in [-0.05, 0) is 24.5 Å². The Labute approximate surface area is 94.3 Å². The number of aromatic nitrogens is 1. The van der Waals surface area contributed by atoms with Crippen LogP contribution in [0.3, 0.4) is 0 Å². The minimum absolute atomic E-state index is 0.218. The molecule has 86 valence electrons. The molecule has 4 nitrogen and oxygen atoms in total. The second kappa shape index (κ2) is 3.10. The highest BCUT2D eigenvalue weighted by atomic mass is 16.4. The molecule has 1 fully saturated rings. The van der Waals surface area contributed by atoms with Crippen LogP contribution in [0.15, 0.2) is 6.07 Å². The maximum atomic E-state index is 11.1. The van der Waals surface area contributed by atoms with Crippen molar-refractivity contribution in [2.45, 2.75) is 31.2 Å². The molecule has 16 heavy (non-hydrogen) atoms. The Bertz CT molecular complexity index is 458. The Morgan fingerprint density at radius 2 is 2.31 bits per heavy atom. The summed E-state index contributed by atoms with van der Waals surface area (Å²) in [6.07, 6.45) is 3.63. The second-order valence-electron chi connectivity index (χ2n) is 5.01. The Hall–Kier alpha value is -1.29. The molecule has 0 amide bonds. The fourth-order valence-electron chi connectivity index (χ4n) is 3.24. The number of hydrogen-bond acceptors (Lipinski definition) is 2. The predicted molar refractivity (Wildman–Crippen MR) is 59.6 cm³/mol. The molecule has 1 aliphatic heterocycles. The van der Waals surface area contributed by atoms with Gasteiger partial charge >= 0.3 is 5.97 Å². The summed E-state index contributed by atoms with van der Waals surface area (Å²) in [7, 11) is 1.88. The van der Waals surface area contributed by atoms with Crippen molar-refractivity contribution < 1.29 is 9.90 Å². The van der Waals surface area contributed by atoms with E-state index in [9.17, 15) is 4.79 Å². The molecule has 4 heteroatoms. The third kappa shape index (κ3) is 1.11. The number of carbonyl (C=O) groups is 1. The van der Waals surface area contributed by atoms with E-state index in [0.717, 1.165) is 13.1 Å². The molecule has 1 spiro atoms. The standard InChI is InChI=1S/C12H16N2O2/c1-14-9(11(15)16)5-8-6-13-7-12(10(8)14)3-2-4-12/h5,13H,2-4,6-7H2,1H3,(H,15,16). The van der Waals surface area contributed by atoms with Gasteiger partial charge in [0.05, 0.1) is 0 Å². The quantitative estimate of drug-likeness (QED) is 0.749. The van der Waals surface area contributed by atoms with E-state index in [1.54, 1.807) is 0 Å².